The Morgan fingerprint density at radius 2 is 1.25 bits per heavy atom. The van der Waals surface area contributed by atoms with Crippen LogP contribution in [0.1, 0.15) is 5.56 Å². The minimum atomic E-state index is 1.32. The molecule has 0 saturated carbocycles. The van der Waals surface area contributed by atoms with Crippen LogP contribution in [-0.2, 0) is 0 Å². The summed E-state index contributed by atoms with van der Waals surface area (Å²) >= 11 is 1.88. The van der Waals surface area contributed by atoms with Gasteiger partial charge < -0.3 is 0 Å². The molecule has 0 aliphatic rings. The van der Waals surface area contributed by atoms with Crippen LogP contribution in [0.4, 0.5) is 0 Å². The van der Waals surface area contributed by atoms with Crippen molar-refractivity contribution >= 4 is 42.3 Å². The average molecular weight is 324 g/mol. The van der Waals surface area contributed by atoms with Gasteiger partial charge in [-0.3, -0.25) is 0 Å². The Kier molecular flexibility index (Phi) is 2.97. The predicted molar refractivity (Wildman–Crippen MR) is 107 cm³/mol. The third-order valence-corrected chi connectivity index (χ3v) is 5.97. The number of rotatable bonds is 1. The largest absolute Gasteiger partial charge is 0.135 e. The molecule has 0 spiro atoms. The highest BCUT2D eigenvalue weighted by molar-refractivity contribution is 7.25. The van der Waals surface area contributed by atoms with E-state index >= 15 is 0 Å². The van der Waals surface area contributed by atoms with Crippen molar-refractivity contribution in [3.63, 3.8) is 0 Å². The van der Waals surface area contributed by atoms with Crippen molar-refractivity contribution in [1.29, 1.82) is 0 Å². The molecule has 5 aromatic rings. The van der Waals surface area contributed by atoms with Gasteiger partial charge in [0, 0.05) is 20.2 Å². The number of aryl methyl sites for hydroxylation is 1. The first-order valence-corrected chi connectivity index (χ1v) is 9.03. The number of hydrogen-bond donors (Lipinski definition) is 0. The number of thiophene rings is 1. The van der Waals surface area contributed by atoms with Gasteiger partial charge in [-0.2, -0.15) is 0 Å². The van der Waals surface area contributed by atoms with Crippen LogP contribution < -0.4 is 0 Å². The second-order valence-corrected chi connectivity index (χ2v) is 7.34. The van der Waals surface area contributed by atoms with Crippen molar-refractivity contribution < 1.29 is 0 Å². The molecule has 0 unspecified atom stereocenters. The third kappa shape index (κ3) is 1.92. The van der Waals surface area contributed by atoms with Crippen molar-refractivity contribution in [2.75, 3.05) is 0 Å². The van der Waals surface area contributed by atoms with Crippen LogP contribution in [0.15, 0.2) is 78.9 Å². The summed E-state index contributed by atoms with van der Waals surface area (Å²) in [6, 6.07) is 28.6. The van der Waals surface area contributed by atoms with Crippen molar-refractivity contribution in [3.8, 4) is 11.1 Å². The van der Waals surface area contributed by atoms with Crippen LogP contribution in [0.2, 0.25) is 0 Å². The zero-order valence-corrected chi connectivity index (χ0v) is 14.2. The Bertz CT molecular complexity index is 1210. The minimum absolute atomic E-state index is 1.32. The van der Waals surface area contributed by atoms with Crippen molar-refractivity contribution in [2.45, 2.75) is 6.92 Å². The maximum Gasteiger partial charge on any atom is 0.0361 e. The lowest BCUT2D eigenvalue weighted by Crippen LogP contribution is -1.85. The summed E-state index contributed by atoms with van der Waals surface area (Å²) in [5.41, 5.74) is 3.99. The zero-order chi connectivity index (χ0) is 16.1. The van der Waals surface area contributed by atoms with Gasteiger partial charge in [0.05, 0.1) is 0 Å². The van der Waals surface area contributed by atoms with E-state index in [1.165, 1.54) is 47.6 Å². The monoisotopic (exact) mass is 324 g/mol. The number of benzene rings is 4. The fourth-order valence-corrected chi connectivity index (χ4v) is 4.82. The van der Waals surface area contributed by atoms with Gasteiger partial charge in [0.1, 0.15) is 0 Å². The Morgan fingerprint density at radius 1 is 0.542 bits per heavy atom. The molecule has 1 aromatic heterocycles. The topological polar surface area (TPSA) is 0 Å². The number of fused-ring (bicyclic) bond motifs is 4. The van der Waals surface area contributed by atoms with Gasteiger partial charge >= 0.3 is 0 Å². The molecule has 1 heteroatoms. The first-order chi connectivity index (χ1) is 11.8. The third-order valence-electron chi connectivity index (χ3n) is 4.83. The molecule has 5 rings (SSSR count). The van der Waals surface area contributed by atoms with Crippen LogP contribution in [0, 0.1) is 6.92 Å². The van der Waals surface area contributed by atoms with Gasteiger partial charge in [-0.15, -0.1) is 11.3 Å². The predicted octanol–water partition coefficient (Wildman–Crippen LogP) is 7.18. The summed E-state index contributed by atoms with van der Waals surface area (Å²) in [7, 11) is 0. The van der Waals surface area contributed by atoms with Crippen molar-refractivity contribution in [3.05, 3.63) is 84.4 Å². The van der Waals surface area contributed by atoms with E-state index < -0.39 is 0 Å². The van der Waals surface area contributed by atoms with E-state index in [0.717, 1.165) is 0 Å². The van der Waals surface area contributed by atoms with E-state index in [2.05, 4.69) is 85.8 Å². The molecule has 114 valence electrons. The van der Waals surface area contributed by atoms with Gasteiger partial charge in [-0.05, 0) is 46.5 Å². The van der Waals surface area contributed by atoms with Gasteiger partial charge in [0.15, 0.2) is 0 Å². The molecule has 0 aliphatic heterocycles. The molecule has 1 heterocycles. The molecule has 24 heavy (non-hydrogen) atoms. The summed E-state index contributed by atoms with van der Waals surface area (Å²) in [6.07, 6.45) is 0. The maximum atomic E-state index is 2.28. The molecule has 0 N–H and O–H groups in total. The molecule has 0 fully saturated rings. The highest BCUT2D eigenvalue weighted by atomic mass is 32.1. The molecule has 0 saturated heterocycles. The number of hydrogen-bond acceptors (Lipinski definition) is 1. The van der Waals surface area contributed by atoms with Crippen LogP contribution in [0.3, 0.4) is 0 Å². The van der Waals surface area contributed by atoms with Gasteiger partial charge in [-0.1, -0.05) is 66.7 Å². The standard InChI is InChI=1S/C23H16S/c1-15-13-14-18(17-8-3-2-7-16(15)17)19-10-6-12-22-23(19)20-9-4-5-11-21(20)24-22/h2-14H,1H3. The molecule has 0 bridgehead atoms. The van der Waals surface area contributed by atoms with Crippen LogP contribution in [0.25, 0.3) is 42.1 Å². The van der Waals surface area contributed by atoms with E-state index in [0.29, 0.717) is 0 Å². The highest BCUT2D eigenvalue weighted by Gasteiger charge is 2.12. The molecular formula is C23H16S. The molecule has 0 radical (unpaired) electrons. The molecule has 0 atom stereocenters. The summed E-state index contributed by atoms with van der Waals surface area (Å²) in [6.45, 7) is 2.19. The zero-order valence-electron chi connectivity index (χ0n) is 13.4. The summed E-state index contributed by atoms with van der Waals surface area (Å²) in [5, 5.41) is 5.41. The lowest BCUT2D eigenvalue weighted by molar-refractivity contribution is 1.53. The van der Waals surface area contributed by atoms with E-state index in [-0.39, 0.29) is 0 Å². The lowest BCUT2D eigenvalue weighted by Gasteiger charge is -2.11. The summed E-state index contributed by atoms with van der Waals surface area (Å²) in [5.74, 6) is 0. The van der Waals surface area contributed by atoms with Gasteiger partial charge in [0.25, 0.3) is 0 Å². The van der Waals surface area contributed by atoms with Gasteiger partial charge in [-0.25, -0.2) is 0 Å². The fraction of sp³-hybridized carbons (Fsp3) is 0.0435. The molecule has 0 amide bonds. The van der Waals surface area contributed by atoms with E-state index in [4.69, 9.17) is 0 Å². The van der Waals surface area contributed by atoms with E-state index in [9.17, 15) is 0 Å². The highest BCUT2D eigenvalue weighted by Crippen LogP contribution is 2.41. The average Bonchev–Trinajstić information content (AvgIpc) is 3.01. The van der Waals surface area contributed by atoms with Crippen molar-refractivity contribution in [2.24, 2.45) is 0 Å². The molecule has 0 aliphatic carbocycles. The van der Waals surface area contributed by atoms with Crippen LogP contribution in [-0.4, -0.2) is 0 Å². The van der Waals surface area contributed by atoms with Crippen LogP contribution >= 0.6 is 11.3 Å². The van der Waals surface area contributed by atoms with E-state index in [1.54, 1.807) is 0 Å². The Labute approximate surface area is 145 Å². The maximum absolute atomic E-state index is 2.28. The van der Waals surface area contributed by atoms with Gasteiger partial charge in [0.2, 0.25) is 0 Å². The normalized spacial score (nSPS) is 11.5. The summed E-state index contributed by atoms with van der Waals surface area (Å²) in [4.78, 5) is 0. The second kappa shape index (κ2) is 5.19. The fourth-order valence-electron chi connectivity index (χ4n) is 3.68. The smallest absolute Gasteiger partial charge is 0.0361 e. The molecule has 4 aromatic carbocycles. The first-order valence-electron chi connectivity index (χ1n) is 8.22. The van der Waals surface area contributed by atoms with Crippen molar-refractivity contribution in [1.82, 2.24) is 0 Å². The first kappa shape index (κ1) is 13.8. The quantitative estimate of drug-likeness (QED) is 0.306. The molecule has 0 nitrogen and oxygen atoms in total. The SMILES string of the molecule is Cc1ccc(-c2cccc3sc4ccccc4c23)c2ccccc12. The Balaban J connectivity index is 1.96. The Hall–Kier alpha value is -2.64. The lowest BCUT2D eigenvalue weighted by atomic mass is 9.93. The van der Waals surface area contributed by atoms with E-state index in [1.807, 2.05) is 11.3 Å². The summed E-state index contributed by atoms with van der Waals surface area (Å²) < 4.78 is 2.72. The second-order valence-electron chi connectivity index (χ2n) is 6.25. The minimum Gasteiger partial charge on any atom is -0.135 e. The molecular weight excluding hydrogens is 308 g/mol. The van der Waals surface area contributed by atoms with Crippen LogP contribution in [0.5, 0.6) is 0 Å². The Morgan fingerprint density at radius 3 is 2.12 bits per heavy atom.